The largest absolute Gasteiger partial charge is 0.466 e. The summed E-state index contributed by atoms with van der Waals surface area (Å²) in [5.74, 6) is -0.233. The molecule has 18 heavy (non-hydrogen) atoms. The summed E-state index contributed by atoms with van der Waals surface area (Å²) in [6, 6.07) is 5.34. The molecule has 0 N–H and O–H groups in total. The molecule has 1 aromatic rings. The van der Waals surface area contributed by atoms with Gasteiger partial charge >= 0.3 is 5.97 Å². The molecule has 3 nitrogen and oxygen atoms in total. The highest BCUT2D eigenvalue weighted by Gasteiger charge is 2.12. The molecule has 0 saturated heterocycles. The second kappa shape index (κ2) is 7.69. The molecule has 0 saturated carbocycles. The minimum atomic E-state index is -0.279. The van der Waals surface area contributed by atoms with E-state index in [1.54, 1.807) is 19.1 Å². The molecule has 98 valence electrons. The number of hydrogen-bond acceptors (Lipinski definition) is 3. The minimum absolute atomic E-state index is 0.0458. The number of ether oxygens (including phenoxy) is 1. The fourth-order valence-corrected chi connectivity index (χ4v) is 2.32. The van der Waals surface area contributed by atoms with Crippen molar-refractivity contribution in [2.24, 2.45) is 0 Å². The van der Waals surface area contributed by atoms with Crippen LogP contribution in [-0.2, 0) is 16.0 Å². The second-order valence-corrected chi connectivity index (χ2v) is 5.31. The third-order valence-corrected chi connectivity index (χ3v) is 3.39. The molecule has 1 aromatic carbocycles. The summed E-state index contributed by atoms with van der Waals surface area (Å²) in [7, 11) is 0. The van der Waals surface area contributed by atoms with Gasteiger partial charge in [-0.15, -0.1) is 0 Å². The number of carbonyl (C=O) groups excluding carboxylic acids is 2. The molecular formula is C13H14Br2O3. The summed E-state index contributed by atoms with van der Waals surface area (Å²) in [4.78, 5) is 23.2. The topological polar surface area (TPSA) is 43.4 Å². The Bertz CT molecular complexity index is 444. The van der Waals surface area contributed by atoms with E-state index in [1.165, 1.54) is 0 Å². The molecule has 0 radical (unpaired) electrons. The van der Waals surface area contributed by atoms with Crippen LogP contribution in [0.15, 0.2) is 22.7 Å². The van der Waals surface area contributed by atoms with Crippen molar-refractivity contribution in [2.75, 3.05) is 11.9 Å². The maximum absolute atomic E-state index is 11.9. The summed E-state index contributed by atoms with van der Waals surface area (Å²) in [6.45, 7) is 2.13. The van der Waals surface area contributed by atoms with Crippen LogP contribution in [0.25, 0.3) is 0 Å². The van der Waals surface area contributed by atoms with E-state index in [0.29, 0.717) is 23.9 Å². The van der Waals surface area contributed by atoms with E-state index in [1.807, 2.05) is 6.07 Å². The lowest BCUT2D eigenvalue weighted by atomic mass is 10.0. The highest BCUT2D eigenvalue weighted by atomic mass is 79.9. The van der Waals surface area contributed by atoms with Gasteiger partial charge in [0, 0.05) is 21.8 Å². The number of esters is 1. The van der Waals surface area contributed by atoms with Crippen molar-refractivity contribution in [3.05, 3.63) is 33.8 Å². The van der Waals surface area contributed by atoms with E-state index in [9.17, 15) is 9.59 Å². The summed E-state index contributed by atoms with van der Waals surface area (Å²) in [5, 5.41) is 0.625. The summed E-state index contributed by atoms with van der Waals surface area (Å²) >= 11 is 6.59. The van der Waals surface area contributed by atoms with E-state index >= 15 is 0 Å². The van der Waals surface area contributed by atoms with Crippen LogP contribution >= 0.6 is 31.9 Å². The molecule has 0 fully saturated rings. The number of carbonyl (C=O) groups is 2. The fraction of sp³-hybridized carbons (Fsp3) is 0.385. The van der Waals surface area contributed by atoms with Crippen molar-refractivity contribution in [1.29, 1.82) is 0 Å². The van der Waals surface area contributed by atoms with Crippen LogP contribution in [0.3, 0.4) is 0 Å². The maximum atomic E-state index is 11.9. The first-order valence-corrected chi connectivity index (χ1v) is 7.53. The van der Waals surface area contributed by atoms with E-state index in [-0.39, 0.29) is 18.2 Å². The summed E-state index contributed by atoms with van der Waals surface area (Å²) in [5.41, 5.74) is 1.39. The van der Waals surface area contributed by atoms with Gasteiger partial charge in [-0.25, -0.2) is 0 Å². The third-order valence-electron chi connectivity index (χ3n) is 2.31. The lowest BCUT2D eigenvalue weighted by molar-refractivity contribution is -0.142. The first kappa shape index (κ1) is 15.4. The van der Waals surface area contributed by atoms with Gasteiger partial charge in [0.25, 0.3) is 0 Å². The quantitative estimate of drug-likeness (QED) is 0.432. The van der Waals surface area contributed by atoms with Gasteiger partial charge in [0.1, 0.15) is 0 Å². The van der Waals surface area contributed by atoms with Crippen LogP contribution in [0.4, 0.5) is 0 Å². The zero-order chi connectivity index (χ0) is 13.5. The Labute approximate surface area is 123 Å². The Morgan fingerprint density at radius 3 is 2.67 bits per heavy atom. The number of halogens is 2. The summed E-state index contributed by atoms with van der Waals surface area (Å²) < 4.78 is 5.63. The van der Waals surface area contributed by atoms with Gasteiger partial charge in [-0.1, -0.05) is 37.9 Å². The lowest BCUT2D eigenvalue weighted by Gasteiger charge is -2.06. The molecule has 0 spiro atoms. The third kappa shape index (κ3) is 4.53. The van der Waals surface area contributed by atoms with E-state index < -0.39 is 0 Å². The fourth-order valence-electron chi connectivity index (χ4n) is 1.50. The molecule has 0 aliphatic carbocycles. The van der Waals surface area contributed by atoms with Crippen molar-refractivity contribution in [3.63, 3.8) is 0 Å². The lowest BCUT2D eigenvalue weighted by Crippen LogP contribution is -2.09. The monoisotopic (exact) mass is 376 g/mol. The zero-order valence-corrected chi connectivity index (χ0v) is 13.2. The van der Waals surface area contributed by atoms with E-state index in [0.717, 1.165) is 10.0 Å². The Hall–Kier alpha value is -0.680. The molecular weight excluding hydrogens is 364 g/mol. The Morgan fingerprint density at radius 2 is 2.06 bits per heavy atom. The summed E-state index contributed by atoms with van der Waals surface area (Å²) in [6.07, 6.45) is 0.622. The van der Waals surface area contributed by atoms with Crippen LogP contribution in [0.5, 0.6) is 0 Å². The number of alkyl halides is 1. The smallest absolute Gasteiger partial charge is 0.310 e. The van der Waals surface area contributed by atoms with Crippen LogP contribution in [0.1, 0.15) is 29.3 Å². The zero-order valence-electron chi connectivity index (χ0n) is 10.0. The van der Waals surface area contributed by atoms with Crippen molar-refractivity contribution < 1.29 is 14.3 Å². The second-order valence-electron chi connectivity index (χ2n) is 3.66. The molecule has 0 bridgehead atoms. The van der Waals surface area contributed by atoms with Gasteiger partial charge in [0.05, 0.1) is 13.0 Å². The Kier molecular flexibility index (Phi) is 6.57. The molecule has 0 atom stereocenters. The van der Waals surface area contributed by atoms with Crippen LogP contribution in [-0.4, -0.2) is 23.7 Å². The average Bonchev–Trinajstić information content (AvgIpc) is 2.32. The highest BCUT2D eigenvalue weighted by Crippen LogP contribution is 2.20. The van der Waals surface area contributed by atoms with Gasteiger partial charge in [-0.3, -0.25) is 9.59 Å². The van der Waals surface area contributed by atoms with Crippen molar-refractivity contribution in [2.45, 2.75) is 19.8 Å². The standard InChI is InChI=1S/C13H14Br2O3/c1-2-18-13(17)8-9-3-4-11(15)10(7-9)12(16)5-6-14/h3-4,7H,2,5-6,8H2,1H3. The van der Waals surface area contributed by atoms with Gasteiger partial charge < -0.3 is 4.74 Å². The van der Waals surface area contributed by atoms with Crippen LogP contribution in [0, 0.1) is 0 Å². The number of ketones is 1. The number of hydrogen-bond donors (Lipinski definition) is 0. The van der Waals surface area contributed by atoms with Gasteiger partial charge in [-0.05, 0) is 24.6 Å². The van der Waals surface area contributed by atoms with Crippen molar-refractivity contribution >= 4 is 43.6 Å². The Balaban J connectivity index is 2.86. The molecule has 1 rings (SSSR count). The molecule has 0 aliphatic heterocycles. The van der Waals surface area contributed by atoms with Crippen LogP contribution in [0.2, 0.25) is 0 Å². The van der Waals surface area contributed by atoms with Gasteiger partial charge in [0.2, 0.25) is 0 Å². The predicted octanol–water partition coefficient (Wildman–Crippen LogP) is 3.52. The first-order valence-electron chi connectivity index (χ1n) is 5.61. The van der Waals surface area contributed by atoms with E-state index in [4.69, 9.17) is 4.74 Å². The number of benzene rings is 1. The predicted molar refractivity (Wildman–Crippen MR) is 77.2 cm³/mol. The van der Waals surface area contributed by atoms with Gasteiger partial charge in [-0.2, -0.15) is 0 Å². The molecule has 0 heterocycles. The normalized spacial score (nSPS) is 10.2. The van der Waals surface area contributed by atoms with Crippen LogP contribution < -0.4 is 0 Å². The van der Waals surface area contributed by atoms with E-state index in [2.05, 4.69) is 31.9 Å². The van der Waals surface area contributed by atoms with Crippen molar-refractivity contribution in [3.8, 4) is 0 Å². The van der Waals surface area contributed by atoms with Gasteiger partial charge in [0.15, 0.2) is 5.78 Å². The highest BCUT2D eigenvalue weighted by molar-refractivity contribution is 9.10. The minimum Gasteiger partial charge on any atom is -0.466 e. The maximum Gasteiger partial charge on any atom is 0.310 e. The Morgan fingerprint density at radius 1 is 1.33 bits per heavy atom. The number of rotatable bonds is 6. The molecule has 0 aliphatic rings. The molecule has 0 amide bonds. The van der Waals surface area contributed by atoms with Crippen molar-refractivity contribution in [1.82, 2.24) is 0 Å². The average molecular weight is 378 g/mol. The molecule has 0 aromatic heterocycles. The molecule has 5 heteroatoms. The molecule has 0 unspecified atom stereocenters. The first-order chi connectivity index (χ1) is 8.58. The number of Topliss-reactive ketones (excluding diaryl/α,β-unsaturated/α-hetero) is 1. The SMILES string of the molecule is CCOC(=O)Cc1ccc(Br)c(C(=O)CCBr)c1.